The average molecular weight is 275 g/mol. The summed E-state index contributed by atoms with van der Waals surface area (Å²) >= 11 is 1.72. The summed E-state index contributed by atoms with van der Waals surface area (Å²) < 4.78 is 0. The van der Waals surface area contributed by atoms with Crippen LogP contribution in [0, 0.1) is 6.92 Å². The fourth-order valence-electron chi connectivity index (χ4n) is 2.01. The number of aryl methyl sites for hydroxylation is 1. The summed E-state index contributed by atoms with van der Waals surface area (Å²) in [5, 5.41) is 14.6. The van der Waals surface area contributed by atoms with Crippen LogP contribution in [0.1, 0.15) is 27.7 Å². The van der Waals surface area contributed by atoms with Gasteiger partial charge in [0.1, 0.15) is 0 Å². The van der Waals surface area contributed by atoms with E-state index < -0.39 is 5.97 Å². The molecular weight excluding hydrogens is 258 g/mol. The number of rotatable bonds is 5. The van der Waals surface area contributed by atoms with Gasteiger partial charge in [-0.05, 0) is 37.4 Å². The molecule has 1 heterocycles. The minimum Gasteiger partial charge on any atom is -0.478 e. The fraction of sp³-hybridized carbons (Fsp3) is 0.267. The summed E-state index contributed by atoms with van der Waals surface area (Å²) in [6.07, 6.45) is 0.893. The fourth-order valence-corrected chi connectivity index (χ4v) is 2.84. The van der Waals surface area contributed by atoms with Crippen molar-refractivity contribution < 1.29 is 9.90 Å². The van der Waals surface area contributed by atoms with Gasteiger partial charge in [0.05, 0.1) is 5.56 Å². The zero-order valence-corrected chi connectivity index (χ0v) is 11.8. The van der Waals surface area contributed by atoms with Crippen LogP contribution in [0.4, 0.5) is 5.69 Å². The summed E-state index contributed by atoms with van der Waals surface area (Å²) in [5.74, 6) is -0.894. The molecule has 4 heteroatoms. The van der Waals surface area contributed by atoms with E-state index in [2.05, 4.69) is 23.7 Å². The Balaban J connectivity index is 2.12. The second-order valence-electron chi connectivity index (χ2n) is 4.68. The van der Waals surface area contributed by atoms with E-state index in [-0.39, 0.29) is 6.04 Å². The van der Waals surface area contributed by atoms with Crippen LogP contribution in [0.3, 0.4) is 0 Å². The van der Waals surface area contributed by atoms with E-state index in [1.54, 1.807) is 17.4 Å². The Morgan fingerprint density at radius 2 is 2.21 bits per heavy atom. The zero-order valence-electron chi connectivity index (χ0n) is 11.0. The van der Waals surface area contributed by atoms with Gasteiger partial charge in [0.25, 0.3) is 0 Å². The molecule has 0 spiro atoms. The SMILES string of the molecule is Cc1ccc(NC(C)Cc2cccs2)c(C(=O)O)c1. The van der Waals surface area contributed by atoms with Crippen molar-refractivity contribution in [2.45, 2.75) is 26.3 Å². The Morgan fingerprint density at radius 3 is 2.84 bits per heavy atom. The van der Waals surface area contributed by atoms with E-state index in [1.165, 1.54) is 4.88 Å². The van der Waals surface area contributed by atoms with Gasteiger partial charge < -0.3 is 10.4 Å². The van der Waals surface area contributed by atoms with Crippen molar-refractivity contribution in [3.63, 3.8) is 0 Å². The standard InChI is InChI=1S/C15H17NO2S/c1-10-5-6-14(13(8-10)15(17)18)16-11(2)9-12-4-3-7-19-12/h3-8,11,16H,9H2,1-2H3,(H,17,18). The molecule has 2 aromatic rings. The molecule has 0 bridgehead atoms. The highest BCUT2D eigenvalue weighted by molar-refractivity contribution is 7.09. The molecule has 1 unspecified atom stereocenters. The van der Waals surface area contributed by atoms with Crippen LogP contribution in [0.25, 0.3) is 0 Å². The number of anilines is 1. The summed E-state index contributed by atoms with van der Waals surface area (Å²) in [5.41, 5.74) is 1.97. The van der Waals surface area contributed by atoms with Crippen LogP contribution in [-0.4, -0.2) is 17.1 Å². The summed E-state index contributed by atoms with van der Waals surface area (Å²) in [7, 11) is 0. The van der Waals surface area contributed by atoms with E-state index in [0.29, 0.717) is 11.3 Å². The first-order valence-corrected chi connectivity index (χ1v) is 7.07. The van der Waals surface area contributed by atoms with E-state index in [0.717, 1.165) is 12.0 Å². The number of aromatic carboxylic acids is 1. The molecule has 100 valence electrons. The molecule has 19 heavy (non-hydrogen) atoms. The second kappa shape index (κ2) is 5.89. The van der Waals surface area contributed by atoms with Gasteiger partial charge >= 0.3 is 5.97 Å². The lowest BCUT2D eigenvalue weighted by molar-refractivity contribution is 0.0698. The van der Waals surface area contributed by atoms with E-state index in [9.17, 15) is 9.90 Å². The third kappa shape index (κ3) is 3.58. The molecule has 0 saturated carbocycles. The molecule has 1 aromatic heterocycles. The number of hydrogen-bond donors (Lipinski definition) is 2. The van der Waals surface area contributed by atoms with Gasteiger partial charge in [-0.15, -0.1) is 11.3 Å². The van der Waals surface area contributed by atoms with Crippen molar-refractivity contribution >= 4 is 23.0 Å². The maximum absolute atomic E-state index is 11.2. The Morgan fingerprint density at radius 1 is 1.42 bits per heavy atom. The minimum atomic E-state index is -0.894. The summed E-state index contributed by atoms with van der Waals surface area (Å²) in [6, 6.07) is 9.77. The second-order valence-corrected chi connectivity index (χ2v) is 5.72. The Hall–Kier alpha value is -1.81. The van der Waals surface area contributed by atoms with Crippen LogP contribution in [-0.2, 0) is 6.42 Å². The molecule has 2 rings (SSSR count). The number of carboxylic acid groups (broad SMARTS) is 1. The van der Waals surface area contributed by atoms with Crippen molar-refractivity contribution in [2.75, 3.05) is 5.32 Å². The first-order chi connectivity index (χ1) is 9.06. The highest BCUT2D eigenvalue weighted by Crippen LogP contribution is 2.20. The minimum absolute atomic E-state index is 0.194. The lowest BCUT2D eigenvalue weighted by Gasteiger charge is -2.16. The normalized spacial score (nSPS) is 12.1. The van der Waals surface area contributed by atoms with E-state index in [1.807, 2.05) is 25.1 Å². The maximum atomic E-state index is 11.2. The molecule has 0 saturated heterocycles. The molecule has 2 N–H and O–H groups in total. The van der Waals surface area contributed by atoms with E-state index in [4.69, 9.17) is 0 Å². The molecule has 3 nitrogen and oxygen atoms in total. The van der Waals surface area contributed by atoms with Gasteiger partial charge in [0, 0.05) is 23.0 Å². The van der Waals surface area contributed by atoms with Crippen LogP contribution in [0.15, 0.2) is 35.7 Å². The van der Waals surface area contributed by atoms with Gasteiger partial charge in [-0.2, -0.15) is 0 Å². The van der Waals surface area contributed by atoms with E-state index >= 15 is 0 Å². The first kappa shape index (κ1) is 13.6. The van der Waals surface area contributed by atoms with Crippen LogP contribution < -0.4 is 5.32 Å². The lowest BCUT2D eigenvalue weighted by Crippen LogP contribution is -2.19. The molecule has 0 aliphatic rings. The van der Waals surface area contributed by atoms with Crippen molar-refractivity contribution in [2.24, 2.45) is 0 Å². The van der Waals surface area contributed by atoms with Crippen LogP contribution >= 0.6 is 11.3 Å². The summed E-state index contributed by atoms with van der Waals surface area (Å²) in [6.45, 7) is 3.95. The van der Waals surface area contributed by atoms with Crippen molar-refractivity contribution in [3.05, 3.63) is 51.7 Å². The predicted octanol–water partition coefficient (Wildman–Crippen LogP) is 3.80. The number of benzene rings is 1. The van der Waals surface area contributed by atoms with Gasteiger partial charge in [-0.3, -0.25) is 0 Å². The Bertz CT molecular complexity index is 564. The zero-order chi connectivity index (χ0) is 13.8. The smallest absolute Gasteiger partial charge is 0.337 e. The number of carboxylic acids is 1. The molecule has 0 fully saturated rings. The summed E-state index contributed by atoms with van der Waals surface area (Å²) in [4.78, 5) is 12.5. The number of carbonyl (C=O) groups is 1. The molecule has 1 aromatic carbocycles. The highest BCUT2D eigenvalue weighted by Gasteiger charge is 2.12. The monoisotopic (exact) mass is 275 g/mol. The first-order valence-electron chi connectivity index (χ1n) is 6.19. The van der Waals surface area contributed by atoms with Gasteiger partial charge in [0.2, 0.25) is 0 Å². The van der Waals surface area contributed by atoms with Crippen molar-refractivity contribution in [3.8, 4) is 0 Å². The predicted molar refractivity (Wildman–Crippen MR) is 79.2 cm³/mol. The topological polar surface area (TPSA) is 49.3 Å². The molecule has 0 aliphatic carbocycles. The Kier molecular flexibility index (Phi) is 4.22. The van der Waals surface area contributed by atoms with Crippen LogP contribution in [0.2, 0.25) is 0 Å². The Labute approximate surface area is 116 Å². The number of hydrogen-bond acceptors (Lipinski definition) is 3. The lowest BCUT2D eigenvalue weighted by atomic mass is 10.1. The van der Waals surface area contributed by atoms with Crippen molar-refractivity contribution in [1.29, 1.82) is 0 Å². The largest absolute Gasteiger partial charge is 0.478 e. The highest BCUT2D eigenvalue weighted by atomic mass is 32.1. The van der Waals surface area contributed by atoms with Gasteiger partial charge in [0.15, 0.2) is 0 Å². The van der Waals surface area contributed by atoms with Gasteiger partial charge in [-0.25, -0.2) is 4.79 Å². The number of nitrogens with one attached hydrogen (secondary N) is 1. The molecule has 0 radical (unpaired) electrons. The molecule has 0 aliphatic heterocycles. The molecule has 1 atom stereocenters. The van der Waals surface area contributed by atoms with Gasteiger partial charge in [-0.1, -0.05) is 17.7 Å². The third-order valence-electron chi connectivity index (χ3n) is 2.89. The third-order valence-corrected chi connectivity index (χ3v) is 3.79. The maximum Gasteiger partial charge on any atom is 0.337 e. The van der Waals surface area contributed by atoms with Crippen molar-refractivity contribution in [1.82, 2.24) is 0 Å². The average Bonchev–Trinajstić information content (AvgIpc) is 2.83. The van der Waals surface area contributed by atoms with Crippen LogP contribution in [0.5, 0.6) is 0 Å². The molecular formula is C15H17NO2S. The molecule has 0 amide bonds. The number of thiophene rings is 1. The quantitative estimate of drug-likeness (QED) is 0.872.